The molecular formula is C29H32N6O5S2. The molecule has 0 atom stereocenters. The summed E-state index contributed by atoms with van der Waals surface area (Å²) >= 11 is 1.22. The zero-order valence-electron chi connectivity index (χ0n) is 23.6. The van der Waals surface area contributed by atoms with Crippen molar-refractivity contribution >= 4 is 38.1 Å². The number of thiazole rings is 1. The summed E-state index contributed by atoms with van der Waals surface area (Å²) in [7, 11) is 0.239. The van der Waals surface area contributed by atoms with E-state index in [9.17, 15) is 18.0 Å². The van der Waals surface area contributed by atoms with Crippen molar-refractivity contribution in [2.24, 2.45) is 0 Å². The van der Waals surface area contributed by atoms with Crippen molar-refractivity contribution in [3.05, 3.63) is 83.0 Å². The third-order valence-corrected chi connectivity index (χ3v) is 8.19. The number of anilines is 1. The standard InChI is InChI=1S/C29H32N6O5S2/c1-18-6-5-11-32-27(18)19-12-20(14-23(13-19)40-22-7-9-24(10-8-22)42(4,38)39)28(37)35-29-34-21(17-41-29)15-26(36)33-16-25(30-2)31-3/h5-14,17,25,30-31H,15-16H2,1-4H3,(H,33,36)(H,34,35,37). The van der Waals surface area contributed by atoms with Crippen molar-refractivity contribution < 1.29 is 22.7 Å². The van der Waals surface area contributed by atoms with E-state index in [1.807, 2.05) is 19.1 Å². The normalized spacial score (nSPS) is 11.4. The number of likely N-dealkylation sites (N-methyl/N-ethyl adjacent to an activating group) is 2. The number of hydrogen-bond donors (Lipinski definition) is 4. The van der Waals surface area contributed by atoms with Gasteiger partial charge in [-0.2, -0.15) is 0 Å². The number of sulfone groups is 1. The van der Waals surface area contributed by atoms with Gasteiger partial charge in [-0.05, 0) is 75.1 Å². The second-order valence-electron chi connectivity index (χ2n) is 9.47. The maximum Gasteiger partial charge on any atom is 0.257 e. The third kappa shape index (κ3) is 8.19. The summed E-state index contributed by atoms with van der Waals surface area (Å²) in [6.07, 6.45) is 2.84. The summed E-state index contributed by atoms with van der Waals surface area (Å²) in [6.45, 7) is 2.34. The molecule has 0 fully saturated rings. The van der Waals surface area contributed by atoms with Gasteiger partial charge in [0, 0.05) is 35.5 Å². The van der Waals surface area contributed by atoms with Gasteiger partial charge in [0.15, 0.2) is 15.0 Å². The van der Waals surface area contributed by atoms with E-state index in [1.54, 1.807) is 56.0 Å². The highest BCUT2D eigenvalue weighted by Gasteiger charge is 2.16. The van der Waals surface area contributed by atoms with Crippen molar-refractivity contribution in [1.29, 1.82) is 0 Å². The number of amides is 2. The van der Waals surface area contributed by atoms with E-state index in [0.717, 1.165) is 11.8 Å². The van der Waals surface area contributed by atoms with Gasteiger partial charge >= 0.3 is 0 Å². The maximum absolute atomic E-state index is 13.3. The van der Waals surface area contributed by atoms with Crippen LogP contribution in [0.4, 0.5) is 5.13 Å². The molecule has 220 valence electrons. The summed E-state index contributed by atoms with van der Waals surface area (Å²) < 4.78 is 29.7. The van der Waals surface area contributed by atoms with Crippen molar-refractivity contribution in [3.8, 4) is 22.8 Å². The van der Waals surface area contributed by atoms with Crippen molar-refractivity contribution in [2.75, 3.05) is 32.2 Å². The molecule has 0 radical (unpaired) electrons. The van der Waals surface area contributed by atoms with Crippen LogP contribution in [-0.4, -0.2) is 63.3 Å². The van der Waals surface area contributed by atoms with E-state index in [0.29, 0.717) is 45.7 Å². The molecule has 42 heavy (non-hydrogen) atoms. The first-order valence-electron chi connectivity index (χ1n) is 13.0. The molecule has 0 unspecified atom stereocenters. The Bertz CT molecular complexity index is 1670. The van der Waals surface area contributed by atoms with Gasteiger partial charge in [-0.15, -0.1) is 11.3 Å². The monoisotopic (exact) mass is 608 g/mol. The van der Waals surface area contributed by atoms with E-state index in [4.69, 9.17) is 4.74 Å². The van der Waals surface area contributed by atoms with Gasteiger partial charge in [-0.1, -0.05) is 6.07 Å². The molecule has 0 aliphatic heterocycles. The molecule has 11 nitrogen and oxygen atoms in total. The average molecular weight is 609 g/mol. The fourth-order valence-corrected chi connectivity index (χ4v) is 5.35. The van der Waals surface area contributed by atoms with Crippen molar-refractivity contribution in [3.63, 3.8) is 0 Å². The molecule has 0 saturated carbocycles. The predicted molar refractivity (Wildman–Crippen MR) is 163 cm³/mol. The summed E-state index contributed by atoms with van der Waals surface area (Å²) in [5, 5.41) is 13.8. The number of benzene rings is 2. The number of nitrogens with one attached hydrogen (secondary N) is 4. The molecule has 0 aliphatic rings. The molecule has 13 heteroatoms. The van der Waals surface area contributed by atoms with Crippen LogP contribution in [0.1, 0.15) is 21.6 Å². The minimum atomic E-state index is -3.35. The first-order chi connectivity index (χ1) is 20.0. The number of pyridine rings is 1. The van der Waals surface area contributed by atoms with Gasteiger partial charge in [0.1, 0.15) is 11.5 Å². The summed E-state index contributed by atoms with van der Waals surface area (Å²) in [5.74, 6) is 0.174. The van der Waals surface area contributed by atoms with Gasteiger partial charge in [0.25, 0.3) is 5.91 Å². The Morgan fingerprint density at radius 1 is 1.02 bits per heavy atom. The van der Waals surface area contributed by atoms with E-state index < -0.39 is 15.7 Å². The van der Waals surface area contributed by atoms with Crippen LogP contribution < -0.4 is 26.0 Å². The van der Waals surface area contributed by atoms with E-state index in [2.05, 4.69) is 31.2 Å². The number of aryl methyl sites for hydroxylation is 1. The number of aromatic nitrogens is 2. The van der Waals surface area contributed by atoms with E-state index in [1.165, 1.54) is 23.5 Å². The Labute approximate surface area is 248 Å². The smallest absolute Gasteiger partial charge is 0.257 e. The van der Waals surface area contributed by atoms with Gasteiger partial charge in [-0.25, -0.2) is 13.4 Å². The molecule has 2 heterocycles. The molecule has 4 N–H and O–H groups in total. The zero-order valence-corrected chi connectivity index (χ0v) is 25.2. The lowest BCUT2D eigenvalue weighted by molar-refractivity contribution is -0.120. The van der Waals surface area contributed by atoms with Crippen molar-refractivity contribution in [1.82, 2.24) is 25.9 Å². The van der Waals surface area contributed by atoms with Crippen LogP contribution in [0, 0.1) is 6.92 Å². The number of carbonyl (C=O) groups is 2. The SMILES string of the molecule is CNC(CNC(=O)Cc1csc(NC(=O)c2cc(Oc3ccc(S(C)(=O)=O)cc3)cc(-c3ncccc3C)c2)n1)NC. The van der Waals surface area contributed by atoms with Crippen LogP contribution in [0.15, 0.2) is 71.1 Å². The highest BCUT2D eigenvalue weighted by molar-refractivity contribution is 7.90. The number of hydrogen-bond acceptors (Lipinski definition) is 10. The number of carbonyl (C=O) groups excluding carboxylic acids is 2. The molecule has 2 aromatic heterocycles. The highest BCUT2D eigenvalue weighted by atomic mass is 32.2. The quantitative estimate of drug-likeness (QED) is 0.177. The van der Waals surface area contributed by atoms with Crippen molar-refractivity contribution in [2.45, 2.75) is 24.4 Å². The van der Waals surface area contributed by atoms with Crippen LogP contribution in [-0.2, 0) is 21.1 Å². The highest BCUT2D eigenvalue weighted by Crippen LogP contribution is 2.31. The van der Waals surface area contributed by atoms with E-state index in [-0.39, 0.29) is 23.4 Å². The first kappa shape index (κ1) is 30.8. The maximum atomic E-state index is 13.3. The second kappa shape index (κ2) is 13.7. The molecule has 0 bridgehead atoms. The van der Waals surface area contributed by atoms with E-state index >= 15 is 0 Å². The summed E-state index contributed by atoms with van der Waals surface area (Å²) in [6, 6.07) is 14.9. The lowest BCUT2D eigenvalue weighted by atomic mass is 10.0. The average Bonchev–Trinajstić information content (AvgIpc) is 3.39. The number of rotatable bonds is 12. The van der Waals surface area contributed by atoms with Gasteiger partial charge < -0.3 is 20.7 Å². The Kier molecular flexibility index (Phi) is 10.0. The van der Waals surface area contributed by atoms with Crippen LogP contribution in [0.5, 0.6) is 11.5 Å². The topological polar surface area (TPSA) is 151 Å². The Hall–Kier alpha value is -4.17. The van der Waals surface area contributed by atoms with Crippen LogP contribution in [0.3, 0.4) is 0 Å². The fourth-order valence-electron chi connectivity index (χ4n) is 4.01. The molecule has 0 spiro atoms. The molecule has 4 aromatic rings. The lowest BCUT2D eigenvalue weighted by Gasteiger charge is -2.15. The van der Waals surface area contributed by atoms with Crippen LogP contribution >= 0.6 is 11.3 Å². The molecule has 0 aliphatic carbocycles. The van der Waals surface area contributed by atoms with Crippen LogP contribution in [0.2, 0.25) is 0 Å². The van der Waals surface area contributed by atoms with Gasteiger partial charge in [-0.3, -0.25) is 19.9 Å². The number of nitrogens with zero attached hydrogens (tertiary/aromatic N) is 2. The Morgan fingerprint density at radius 3 is 2.43 bits per heavy atom. The minimum Gasteiger partial charge on any atom is -0.457 e. The summed E-state index contributed by atoms with van der Waals surface area (Å²) in [5.41, 5.74) is 3.11. The minimum absolute atomic E-state index is 0.0504. The second-order valence-corrected chi connectivity index (χ2v) is 12.3. The lowest BCUT2D eigenvalue weighted by Crippen LogP contribution is -2.47. The van der Waals surface area contributed by atoms with Gasteiger partial charge in [0.05, 0.1) is 28.9 Å². The first-order valence-corrected chi connectivity index (χ1v) is 15.7. The Balaban J connectivity index is 1.54. The molecular weight excluding hydrogens is 576 g/mol. The van der Waals surface area contributed by atoms with Gasteiger partial charge in [0.2, 0.25) is 5.91 Å². The zero-order chi connectivity index (χ0) is 30.3. The predicted octanol–water partition coefficient (Wildman–Crippen LogP) is 3.39. The third-order valence-electron chi connectivity index (χ3n) is 6.25. The Morgan fingerprint density at radius 2 is 1.76 bits per heavy atom. The molecule has 2 amide bonds. The molecule has 4 rings (SSSR count). The summed E-state index contributed by atoms with van der Waals surface area (Å²) in [4.78, 5) is 34.7. The number of ether oxygens (including phenoxy) is 1. The van der Waals surface area contributed by atoms with Crippen LogP contribution in [0.25, 0.3) is 11.3 Å². The molecule has 2 aromatic carbocycles. The fraction of sp³-hybridized carbons (Fsp3) is 0.241. The molecule has 0 saturated heterocycles. The largest absolute Gasteiger partial charge is 0.457 e.